The summed E-state index contributed by atoms with van der Waals surface area (Å²) in [5.41, 5.74) is 0.0834. The molecular weight excluding hydrogens is 375 g/mol. The number of benzene rings is 1. The Labute approximate surface area is 159 Å². The maximum atomic E-state index is 12.3. The topological polar surface area (TPSA) is 79.4 Å². The lowest BCUT2D eigenvalue weighted by Gasteiger charge is -2.16. The van der Waals surface area contributed by atoms with Gasteiger partial charge in [0.2, 0.25) is 0 Å². The molecule has 0 atom stereocenters. The Morgan fingerprint density at radius 3 is 2.68 bits per heavy atom. The molecule has 3 rings (SSSR count). The van der Waals surface area contributed by atoms with Crippen LogP contribution in [0.2, 0.25) is 0 Å². The monoisotopic (exact) mass is 395 g/mol. The Morgan fingerprint density at radius 1 is 1.14 bits per heavy atom. The number of halogens is 3. The molecule has 0 aliphatic carbocycles. The van der Waals surface area contributed by atoms with Crippen LogP contribution in [-0.4, -0.2) is 48.4 Å². The lowest BCUT2D eigenvalue weighted by molar-refractivity contribution is -0.274. The number of alkyl halides is 3. The zero-order chi connectivity index (χ0) is 20.0. The van der Waals surface area contributed by atoms with Crippen molar-refractivity contribution in [3.05, 3.63) is 42.2 Å². The minimum Gasteiger partial charge on any atom is -0.406 e. The minimum absolute atomic E-state index is 0.0834. The van der Waals surface area contributed by atoms with Gasteiger partial charge in [0.15, 0.2) is 0 Å². The molecule has 1 aromatic carbocycles. The normalized spacial score (nSPS) is 14.0. The van der Waals surface area contributed by atoms with Crippen molar-refractivity contribution in [2.24, 2.45) is 0 Å². The molecular formula is C18H20F3N5O2. The average Bonchev–Trinajstić information content (AvgIpc) is 3.19. The summed E-state index contributed by atoms with van der Waals surface area (Å²) in [6, 6.07) is 6.78. The molecule has 1 saturated heterocycles. The third kappa shape index (κ3) is 5.73. The van der Waals surface area contributed by atoms with Crippen molar-refractivity contribution in [3.63, 3.8) is 0 Å². The van der Waals surface area contributed by atoms with E-state index in [9.17, 15) is 18.0 Å². The number of hydrogen-bond acceptors (Lipinski definition) is 6. The van der Waals surface area contributed by atoms with Crippen LogP contribution in [0.5, 0.6) is 5.75 Å². The predicted molar refractivity (Wildman–Crippen MR) is 97.4 cm³/mol. The summed E-state index contributed by atoms with van der Waals surface area (Å²) in [5.74, 6) is 0.579. The number of hydrogen-bond donors (Lipinski definition) is 2. The highest BCUT2D eigenvalue weighted by atomic mass is 19.4. The molecule has 1 aliphatic heterocycles. The first-order valence-corrected chi connectivity index (χ1v) is 8.85. The maximum absolute atomic E-state index is 12.3. The van der Waals surface area contributed by atoms with Crippen molar-refractivity contribution in [2.75, 3.05) is 36.4 Å². The minimum atomic E-state index is -4.80. The van der Waals surface area contributed by atoms with E-state index < -0.39 is 18.0 Å². The van der Waals surface area contributed by atoms with E-state index in [1.165, 1.54) is 18.5 Å². The number of aromatic nitrogens is 2. The summed E-state index contributed by atoms with van der Waals surface area (Å²) in [4.78, 5) is 22.7. The van der Waals surface area contributed by atoms with Gasteiger partial charge in [-0.1, -0.05) is 6.07 Å². The fraction of sp³-hybridized carbons (Fsp3) is 0.389. The zero-order valence-corrected chi connectivity index (χ0v) is 15.0. The van der Waals surface area contributed by atoms with Crippen LogP contribution in [0, 0.1) is 0 Å². The standard InChI is InChI=1S/C18H20F3N5O2/c19-18(20,21)28-14-5-3-4-13(10-14)17(27)23-7-6-22-15-11-16(25-12-24-15)26-8-1-2-9-26/h3-5,10-12H,1-2,6-9H2,(H,23,27)(H,22,24,25). The maximum Gasteiger partial charge on any atom is 0.573 e. The van der Waals surface area contributed by atoms with Gasteiger partial charge in [-0.25, -0.2) is 9.97 Å². The Balaban J connectivity index is 1.47. The number of rotatable bonds is 7. The van der Waals surface area contributed by atoms with Gasteiger partial charge in [-0.15, -0.1) is 13.2 Å². The first-order valence-electron chi connectivity index (χ1n) is 8.85. The van der Waals surface area contributed by atoms with Crippen molar-refractivity contribution in [1.29, 1.82) is 0 Å². The summed E-state index contributed by atoms with van der Waals surface area (Å²) in [5, 5.41) is 5.73. The summed E-state index contributed by atoms with van der Waals surface area (Å²) in [7, 11) is 0. The summed E-state index contributed by atoms with van der Waals surface area (Å²) >= 11 is 0. The molecule has 1 fully saturated rings. The van der Waals surface area contributed by atoms with Crippen molar-refractivity contribution in [1.82, 2.24) is 15.3 Å². The lowest BCUT2D eigenvalue weighted by atomic mass is 10.2. The Bertz CT molecular complexity index is 810. The Kier molecular flexibility index (Phi) is 6.17. The van der Waals surface area contributed by atoms with E-state index >= 15 is 0 Å². The van der Waals surface area contributed by atoms with Crippen LogP contribution >= 0.6 is 0 Å². The van der Waals surface area contributed by atoms with Gasteiger partial charge in [0.05, 0.1) is 0 Å². The predicted octanol–water partition coefficient (Wildman–Crippen LogP) is 2.82. The fourth-order valence-corrected chi connectivity index (χ4v) is 2.87. The molecule has 10 heteroatoms. The highest BCUT2D eigenvalue weighted by Crippen LogP contribution is 2.23. The van der Waals surface area contributed by atoms with E-state index in [0.29, 0.717) is 12.4 Å². The van der Waals surface area contributed by atoms with Gasteiger partial charge in [-0.2, -0.15) is 0 Å². The van der Waals surface area contributed by atoms with E-state index in [4.69, 9.17) is 0 Å². The second kappa shape index (κ2) is 8.77. The van der Waals surface area contributed by atoms with Gasteiger partial charge in [0, 0.05) is 37.8 Å². The van der Waals surface area contributed by atoms with Crippen molar-refractivity contribution < 1.29 is 22.7 Å². The molecule has 2 heterocycles. The van der Waals surface area contributed by atoms with Crippen LogP contribution in [0.1, 0.15) is 23.2 Å². The third-order valence-corrected chi connectivity index (χ3v) is 4.13. The average molecular weight is 395 g/mol. The van der Waals surface area contributed by atoms with Gasteiger partial charge < -0.3 is 20.3 Å². The second-order valence-electron chi connectivity index (χ2n) is 6.21. The molecule has 7 nitrogen and oxygen atoms in total. The molecule has 0 bridgehead atoms. The molecule has 0 saturated carbocycles. The van der Waals surface area contributed by atoms with E-state index in [1.807, 2.05) is 6.07 Å². The number of carbonyl (C=O) groups excluding carboxylic acids is 1. The van der Waals surface area contributed by atoms with Crippen LogP contribution in [0.3, 0.4) is 0 Å². The highest BCUT2D eigenvalue weighted by molar-refractivity contribution is 5.94. The van der Waals surface area contributed by atoms with Gasteiger partial charge in [-0.05, 0) is 31.0 Å². The SMILES string of the molecule is O=C(NCCNc1cc(N2CCCC2)ncn1)c1cccc(OC(F)(F)F)c1. The quantitative estimate of drug-likeness (QED) is 0.702. The molecule has 1 amide bonds. The third-order valence-electron chi connectivity index (χ3n) is 4.13. The number of ether oxygens (including phenoxy) is 1. The van der Waals surface area contributed by atoms with Crippen LogP contribution < -0.4 is 20.3 Å². The molecule has 1 aromatic heterocycles. The van der Waals surface area contributed by atoms with E-state index in [2.05, 4.69) is 30.2 Å². The molecule has 0 spiro atoms. The summed E-state index contributed by atoms with van der Waals surface area (Å²) in [6.45, 7) is 2.63. The van der Waals surface area contributed by atoms with E-state index in [0.717, 1.165) is 43.9 Å². The van der Waals surface area contributed by atoms with Gasteiger partial charge >= 0.3 is 6.36 Å². The fourth-order valence-electron chi connectivity index (χ4n) is 2.87. The van der Waals surface area contributed by atoms with E-state index in [-0.39, 0.29) is 12.1 Å². The van der Waals surface area contributed by atoms with Gasteiger partial charge in [0.25, 0.3) is 5.91 Å². The molecule has 28 heavy (non-hydrogen) atoms. The smallest absolute Gasteiger partial charge is 0.406 e. The molecule has 0 unspecified atom stereocenters. The Morgan fingerprint density at radius 2 is 1.93 bits per heavy atom. The number of carbonyl (C=O) groups is 1. The van der Waals surface area contributed by atoms with Gasteiger partial charge in [-0.3, -0.25) is 4.79 Å². The molecule has 150 valence electrons. The summed E-state index contributed by atoms with van der Waals surface area (Å²) in [6.07, 6.45) is -1.02. The Hall–Kier alpha value is -3.04. The summed E-state index contributed by atoms with van der Waals surface area (Å²) < 4.78 is 40.6. The van der Waals surface area contributed by atoms with Crippen LogP contribution in [-0.2, 0) is 0 Å². The van der Waals surface area contributed by atoms with Crippen LogP contribution in [0.15, 0.2) is 36.7 Å². The number of nitrogens with zero attached hydrogens (tertiary/aromatic N) is 3. The van der Waals surface area contributed by atoms with Crippen LogP contribution in [0.25, 0.3) is 0 Å². The largest absolute Gasteiger partial charge is 0.573 e. The van der Waals surface area contributed by atoms with Gasteiger partial charge in [0.1, 0.15) is 23.7 Å². The molecule has 2 N–H and O–H groups in total. The zero-order valence-electron chi connectivity index (χ0n) is 15.0. The highest BCUT2D eigenvalue weighted by Gasteiger charge is 2.31. The lowest BCUT2D eigenvalue weighted by Crippen LogP contribution is -2.29. The van der Waals surface area contributed by atoms with E-state index in [1.54, 1.807) is 0 Å². The van der Waals surface area contributed by atoms with Crippen molar-refractivity contribution in [3.8, 4) is 5.75 Å². The van der Waals surface area contributed by atoms with Crippen molar-refractivity contribution >= 4 is 17.5 Å². The molecule has 2 aromatic rings. The first-order chi connectivity index (χ1) is 13.4. The number of nitrogens with one attached hydrogen (secondary N) is 2. The number of amides is 1. The van der Waals surface area contributed by atoms with Crippen LogP contribution in [0.4, 0.5) is 24.8 Å². The van der Waals surface area contributed by atoms with Crippen molar-refractivity contribution in [2.45, 2.75) is 19.2 Å². The molecule has 1 aliphatic rings. The molecule has 0 radical (unpaired) electrons. The number of anilines is 2. The second-order valence-corrected chi connectivity index (χ2v) is 6.21. The first kappa shape index (κ1) is 19.7.